The van der Waals surface area contributed by atoms with Gasteiger partial charge in [-0.05, 0) is 44.9 Å². The van der Waals surface area contributed by atoms with Crippen molar-refractivity contribution < 1.29 is 9.90 Å². The minimum absolute atomic E-state index is 0.671. The van der Waals surface area contributed by atoms with Crippen molar-refractivity contribution in [3.05, 3.63) is 36.5 Å². The van der Waals surface area contributed by atoms with Crippen molar-refractivity contribution in [2.45, 2.75) is 71.1 Å². The molecule has 0 amide bonds. The fourth-order valence-corrected chi connectivity index (χ4v) is 1.90. The van der Waals surface area contributed by atoms with E-state index in [1.807, 2.05) is 0 Å². The Labute approximate surface area is 136 Å². The Hall–Kier alpha value is -1.75. The van der Waals surface area contributed by atoms with E-state index in [2.05, 4.69) is 55.2 Å². The number of hydrogen-bond donors (Lipinski definition) is 1. The van der Waals surface area contributed by atoms with Crippen molar-refractivity contribution in [1.29, 1.82) is 0 Å². The lowest BCUT2D eigenvalue weighted by atomic mass is 10.2. The van der Waals surface area contributed by atoms with Crippen molar-refractivity contribution in [1.82, 2.24) is 0 Å². The summed E-state index contributed by atoms with van der Waals surface area (Å²) in [5.41, 5.74) is 0. The van der Waals surface area contributed by atoms with Gasteiger partial charge in [0.2, 0.25) is 0 Å². The van der Waals surface area contributed by atoms with Crippen LogP contribution >= 0.6 is 0 Å². The van der Waals surface area contributed by atoms with Crippen molar-refractivity contribution in [3.63, 3.8) is 0 Å². The third-order valence-corrected chi connectivity index (χ3v) is 3.14. The average molecular weight is 302 g/mol. The summed E-state index contributed by atoms with van der Waals surface area (Å²) in [6.45, 7) is 2.23. The van der Waals surface area contributed by atoms with E-state index in [4.69, 9.17) is 5.11 Å². The molecule has 0 bridgehead atoms. The maximum atomic E-state index is 10.2. The van der Waals surface area contributed by atoms with Crippen LogP contribution < -0.4 is 0 Å². The zero-order valence-corrected chi connectivity index (χ0v) is 13.9. The van der Waals surface area contributed by atoms with Crippen LogP contribution in [0.4, 0.5) is 0 Å². The molecule has 1 N–H and O–H groups in total. The molecular formula is C20H30O2. The molecule has 0 radical (unpaired) electrons. The summed E-state index contributed by atoms with van der Waals surface area (Å²) in [7, 11) is 0. The van der Waals surface area contributed by atoms with E-state index in [9.17, 15) is 4.79 Å². The van der Waals surface area contributed by atoms with Gasteiger partial charge in [-0.25, -0.2) is 4.79 Å². The van der Waals surface area contributed by atoms with Crippen LogP contribution in [0.1, 0.15) is 71.1 Å². The maximum absolute atomic E-state index is 10.2. The van der Waals surface area contributed by atoms with Crippen LogP contribution in [0.15, 0.2) is 36.5 Å². The molecule has 0 aromatic heterocycles. The quantitative estimate of drug-likeness (QED) is 0.287. The van der Waals surface area contributed by atoms with Crippen LogP contribution in [-0.4, -0.2) is 11.1 Å². The molecule has 122 valence electrons. The number of carboxylic acids is 1. The molecule has 0 rings (SSSR count). The fraction of sp³-hybridized carbons (Fsp3) is 0.550. The number of unbranched alkanes of at least 4 members (excludes halogenated alkanes) is 6. The third-order valence-electron chi connectivity index (χ3n) is 3.14. The standard InChI is InChI=1S/C20H30O2/c1-2-3-4-5-6-7-8-9-10-11-12-13-14-15-16-17-18-19-20(21)22/h6-7,9-10,12-13H,2-5,8,11,14-17H2,1H3,(H,21,22)/b7-6-,10-9-,13-12-. The van der Waals surface area contributed by atoms with Crippen LogP contribution in [0.5, 0.6) is 0 Å². The molecule has 22 heavy (non-hydrogen) atoms. The summed E-state index contributed by atoms with van der Waals surface area (Å²) in [5, 5.41) is 8.34. The Morgan fingerprint density at radius 1 is 0.864 bits per heavy atom. The molecule has 0 aromatic rings. The minimum atomic E-state index is -1.04. The highest BCUT2D eigenvalue weighted by molar-refractivity contribution is 5.86. The molecule has 0 spiro atoms. The first-order chi connectivity index (χ1) is 10.8. The highest BCUT2D eigenvalue weighted by Gasteiger charge is 1.85. The molecule has 0 atom stereocenters. The lowest BCUT2D eigenvalue weighted by Crippen LogP contribution is -1.86. The van der Waals surface area contributed by atoms with Crippen LogP contribution in [-0.2, 0) is 4.79 Å². The van der Waals surface area contributed by atoms with E-state index >= 15 is 0 Å². The summed E-state index contributed by atoms with van der Waals surface area (Å²) in [4.78, 5) is 10.2. The summed E-state index contributed by atoms with van der Waals surface area (Å²) in [6, 6.07) is 0. The number of aliphatic carboxylic acids is 1. The lowest BCUT2D eigenvalue weighted by Gasteiger charge is -1.91. The summed E-state index contributed by atoms with van der Waals surface area (Å²) in [5.74, 6) is 3.73. The zero-order chi connectivity index (χ0) is 16.3. The van der Waals surface area contributed by atoms with E-state index in [1.54, 1.807) is 0 Å². The predicted molar refractivity (Wildman–Crippen MR) is 94.7 cm³/mol. The van der Waals surface area contributed by atoms with Gasteiger partial charge in [-0.3, -0.25) is 0 Å². The number of carbonyl (C=O) groups is 1. The molecular weight excluding hydrogens is 272 g/mol. The number of rotatable bonds is 12. The van der Waals surface area contributed by atoms with Gasteiger partial charge in [0, 0.05) is 12.3 Å². The summed E-state index contributed by atoms with van der Waals surface area (Å²) >= 11 is 0. The van der Waals surface area contributed by atoms with Gasteiger partial charge < -0.3 is 5.11 Å². The minimum Gasteiger partial charge on any atom is -0.472 e. The van der Waals surface area contributed by atoms with Gasteiger partial charge in [0.15, 0.2) is 0 Å². The highest BCUT2D eigenvalue weighted by atomic mass is 16.4. The molecule has 2 heteroatoms. The fourth-order valence-electron chi connectivity index (χ4n) is 1.90. The molecule has 0 aliphatic heterocycles. The molecule has 0 saturated carbocycles. The van der Waals surface area contributed by atoms with Crippen LogP contribution in [0.25, 0.3) is 0 Å². The first-order valence-electron chi connectivity index (χ1n) is 8.44. The zero-order valence-electron chi connectivity index (χ0n) is 13.9. The third kappa shape index (κ3) is 18.2. The second kappa shape index (κ2) is 17.3. The summed E-state index contributed by atoms with van der Waals surface area (Å²) in [6.07, 6.45) is 24.2. The first kappa shape index (κ1) is 20.2. The van der Waals surface area contributed by atoms with Gasteiger partial charge in [0.1, 0.15) is 0 Å². The van der Waals surface area contributed by atoms with Crippen LogP contribution in [0, 0.1) is 11.8 Å². The second-order valence-electron chi connectivity index (χ2n) is 5.23. The largest absolute Gasteiger partial charge is 0.472 e. The molecule has 0 aromatic carbocycles. The predicted octanol–water partition coefficient (Wildman–Crippen LogP) is 5.66. The Morgan fingerprint density at radius 3 is 1.95 bits per heavy atom. The highest BCUT2D eigenvalue weighted by Crippen LogP contribution is 2.02. The second-order valence-corrected chi connectivity index (χ2v) is 5.23. The van der Waals surface area contributed by atoms with Gasteiger partial charge in [-0.15, -0.1) is 0 Å². The van der Waals surface area contributed by atoms with Gasteiger partial charge in [-0.1, -0.05) is 62.1 Å². The number of carboxylic acid groups (broad SMARTS) is 1. The van der Waals surface area contributed by atoms with E-state index in [0.29, 0.717) is 6.42 Å². The summed E-state index contributed by atoms with van der Waals surface area (Å²) < 4.78 is 0. The normalized spacial score (nSPS) is 11.3. The van der Waals surface area contributed by atoms with E-state index in [-0.39, 0.29) is 0 Å². The van der Waals surface area contributed by atoms with Crippen molar-refractivity contribution >= 4 is 5.97 Å². The molecule has 0 saturated heterocycles. The number of hydrogen-bond acceptors (Lipinski definition) is 1. The van der Waals surface area contributed by atoms with Crippen LogP contribution in [0.3, 0.4) is 0 Å². The smallest absolute Gasteiger partial charge is 0.381 e. The maximum Gasteiger partial charge on any atom is 0.381 e. The average Bonchev–Trinajstić information content (AvgIpc) is 2.50. The number of allylic oxidation sites excluding steroid dienone is 6. The molecule has 0 heterocycles. The molecule has 0 aliphatic carbocycles. The van der Waals surface area contributed by atoms with E-state index < -0.39 is 5.97 Å². The topological polar surface area (TPSA) is 37.3 Å². The van der Waals surface area contributed by atoms with Gasteiger partial charge in [0.25, 0.3) is 0 Å². The molecule has 0 unspecified atom stereocenters. The Kier molecular flexibility index (Phi) is 15.9. The van der Waals surface area contributed by atoms with Gasteiger partial charge in [0.05, 0.1) is 0 Å². The van der Waals surface area contributed by atoms with Crippen LogP contribution in [0.2, 0.25) is 0 Å². The molecule has 0 fully saturated rings. The van der Waals surface area contributed by atoms with E-state index in [0.717, 1.165) is 32.1 Å². The SMILES string of the molecule is CCCCC/C=C\C/C=C\C/C=C\CCCCC#CC(=O)O. The lowest BCUT2D eigenvalue weighted by molar-refractivity contribution is -0.130. The van der Waals surface area contributed by atoms with Crippen molar-refractivity contribution in [2.75, 3.05) is 0 Å². The first-order valence-corrected chi connectivity index (χ1v) is 8.44. The molecule has 0 aliphatic rings. The van der Waals surface area contributed by atoms with Crippen molar-refractivity contribution in [3.8, 4) is 11.8 Å². The van der Waals surface area contributed by atoms with E-state index in [1.165, 1.54) is 25.7 Å². The molecule has 2 nitrogen and oxygen atoms in total. The van der Waals surface area contributed by atoms with Gasteiger partial charge >= 0.3 is 5.97 Å². The monoisotopic (exact) mass is 302 g/mol. The van der Waals surface area contributed by atoms with Gasteiger partial charge in [-0.2, -0.15) is 0 Å². The Bertz CT molecular complexity index is 405. The van der Waals surface area contributed by atoms with Crippen molar-refractivity contribution in [2.24, 2.45) is 0 Å². The Morgan fingerprint density at radius 2 is 1.41 bits per heavy atom. The Balaban J connectivity index is 3.38.